The first-order valence-corrected chi connectivity index (χ1v) is 2.90. The predicted molar refractivity (Wildman–Crippen MR) is 39.1 cm³/mol. The number of rotatable bonds is 0. The van der Waals surface area contributed by atoms with Gasteiger partial charge in [0.2, 0.25) is 0 Å². The van der Waals surface area contributed by atoms with Crippen LogP contribution in [0, 0.1) is 13.5 Å². The first kappa shape index (κ1) is 6.63. The van der Waals surface area contributed by atoms with Crippen LogP contribution >= 0.6 is 0 Å². The van der Waals surface area contributed by atoms with Gasteiger partial charge in [-0.2, -0.15) is 0 Å². The van der Waals surface area contributed by atoms with Crippen molar-refractivity contribution < 1.29 is 5.11 Å². The number of nitrogens with zero attached hydrogens (tertiary/aromatic N) is 1. The van der Waals surface area contributed by atoms with Gasteiger partial charge in [-0.05, 0) is 19.1 Å². The van der Waals surface area contributed by atoms with E-state index in [9.17, 15) is 0 Å². The largest absolute Gasteiger partial charge is 0.509 e. The second-order valence-corrected chi connectivity index (χ2v) is 2.14. The second kappa shape index (κ2) is 2.40. The lowest BCUT2D eigenvalue weighted by Crippen LogP contribution is -1.69. The summed E-state index contributed by atoms with van der Waals surface area (Å²) in [6.45, 7) is 8.49. The third kappa shape index (κ3) is 1.26. The van der Waals surface area contributed by atoms with E-state index in [0.717, 1.165) is 5.56 Å². The fourth-order valence-electron chi connectivity index (χ4n) is 0.808. The Bertz CT molecular complexity index is 266. The molecule has 0 heterocycles. The molecule has 0 aromatic heterocycles. The zero-order chi connectivity index (χ0) is 7.56. The van der Waals surface area contributed by atoms with Gasteiger partial charge in [-0.1, -0.05) is 11.6 Å². The van der Waals surface area contributed by atoms with E-state index in [0.29, 0.717) is 5.69 Å². The fourth-order valence-corrected chi connectivity index (χ4v) is 0.808. The molecule has 1 N–H and O–H groups in total. The van der Waals surface area contributed by atoms with E-state index in [4.69, 9.17) is 11.7 Å². The molecule has 0 saturated carbocycles. The third-order valence-electron chi connectivity index (χ3n) is 1.18. The summed E-state index contributed by atoms with van der Waals surface area (Å²) < 4.78 is 0. The zero-order valence-corrected chi connectivity index (χ0v) is 5.63. The van der Waals surface area contributed by atoms with Gasteiger partial charge in [0, 0.05) is 0 Å². The molecule has 1 rings (SSSR count). The van der Waals surface area contributed by atoms with Crippen molar-refractivity contribution in [3.63, 3.8) is 0 Å². The van der Waals surface area contributed by atoms with Crippen LogP contribution in [-0.4, -0.2) is 5.11 Å². The quantitative estimate of drug-likeness (QED) is 0.539. The molecule has 0 unspecified atom stereocenters. The van der Waals surface area contributed by atoms with Crippen molar-refractivity contribution in [1.82, 2.24) is 0 Å². The Morgan fingerprint density at radius 3 is 2.60 bits per heavy atom. The number of aromatic hydroxyl groups is 1. The molecule has 0 bridgehead atoms. The molecule has 1 aromatic carbocycles. The van der Waals surface area contributed by atoms with Crippen molar-refractivity contribution in [3.05, 3.63) is 35.2 Å². The van der Waals surface area contributed by atoms with E-state index >= 15 is 0 Å². The van der Waals surface area contributed by atoms with Crippen molar-refractivity contribution in [2.45, 2.75) is 6.92 Å². The topological polar surface area (TPSA) is 24.6 Å². The summed E-state index contributed by atoms with van der Waals surface area (Å²) in [5.74, 6) is 0.158. The third-order valence-corrected chi connectivity index (χ3v) is 1.18. The Morgan fingerprint density at radius 2 is 2.10 bits per heavy atom. The predicted octanol–water partition coefficient (Wildman–Crippen LogP) is 2.25. The lowest BCUT2D eigenvalue weighted by Gasteiger charge is -1.94. The van der Waals surface area contributed by atoms with Crippen LogP contribution < -0.4 is 0 Å². The molecule has 0 saturated heterocycles. The minimum Gasteiger partial charge on any atom is -0.509 e. The van der Waals surface area contributed by atoms with Gasteiger partial charge in [0.25, 0.3) is 0 Å². The lowest BCUT2D eigenvalue weighted by molar-refractivity contribution is 0.475. The molecule has 2 heteroatoms. The van der Waals surface area contributed by atoms with Crippen molar-refractivity contribution in [2.75, 3.05) is 0 Å². The van der Waals surface area contributed by atoms with Crippen molar-refractivity contribution in [1.29, 1.82) is 0 Å². The minimum absolute atomic E-state index is 0.158. The van der Waals surface area contributed by atoms with Crippen molar-refractivity contribution >= 4 is 5.69 Å². The van der Waals surface area contributed by atoms with Crippen LogP contribution in [0.5, 0.6) is 5.75 Å². The SMILES string of the molecule is [C-]#[N+]c1cc(C)cc(O)c1. The normalized spacial score (nSPS) is 8.80. The Kier molecular flexibility index (Phi) is 1.59. The molecule has 1 aromatic rings. The lowest BCUT2D eigenvalue weighted by atomic mass is 10.2. The van der Waals surface area contributed by atoms with Crippen molar-refractivity contribution in [3.8, 4) is 5.75 Å². The van der Waals surface area contributed by atoms with Gasteiger partial charge in [-0.3, -0.25) is 0 Å². The summed E-state index contributed by atoms with van der Waals surface area (Å²) in [5, 5.41) is 8.98. The average molecular weight is 133 g/mol. The van der Waals surface area contributed by atoms with Gasteiger partial charge in [-0.15, -0.1) is 0 Å². The molecule has 50 valence electrons. The van der Waals surface area contributed by atoms with Crippen LogP contribution in [0.4, 0.5) is 5.69 Å². The van der Waals surface area contributed by atoms with E-state index < -0.39 is 0 Å². The molecule has 0 radical (unpaired) electrons. The van der Waals surface area contributed by atoms with Gasteiger partial charge < -0.3 is 5.11 Å². The second-order valence-electron chi connectivity index (χ2n) is 2.14. The number of hydrogen-bond acceptors (Lipinski definition) is 1. The average Bonchev–Trinajstić information content (AvgIpc) is 1.85. The van der Waals surface area contributed by atoms with E-state index in [-0.39, 0.29) is 5.75 Å². The zero-order valence-electron chi connectivity index (χ0n) is 5.63. The van der Waals surface area contributed by atoms with Gasteiger partial charge >= 0.3 is 0 Å². The molecule has 0 spiro atoms. The highest BCUT2D eigenvalue weighted by molar-refractivity contribution is 5.51. The molecule has 0 atom stereocenters. The summed E-state index contributed by atoms with van der Waals surface area (Å²) in [6, 6.07) is 4.79. The number of benzene rings is 1. The standard InChI is InChI=1S/C8H7NO/c1-6-3-7(9-2)5-8(10)4-6/h3-5,10H,1H3. The summed E-state index contributed by atoms with van der Waals surface area (Å²) in [5.41, 5.74) is 1.39. The summed E-state index contributed by atoms with van der Waals surface area (Å²) >= 11 is 0. The molecule has 0 fully saturated rings. The first-order valence-electron chi connectivity index (χ1n) is 2.90. The van der Waals surface area contributed by atoms with E-state index in [1.807, 2.05) is 6.92 Å². The molecule has 10 heavy (non-hydrogen) atoms. The molecule has 2 nitrogen and oxygen atoms in total. The van der Waals surface area contributed by atoms with Crippen LogP contribution in [0.1, 0.15) is 5.56 Å². The van der Waals surface area contributed by atoms with E-state index in [2.05, 4.69) is 4.85 Å². The summed E-state index contributed by atoms with van der Waals surface area (Å²) in [6.07, 6.45) is 0. The van der Waals surface area contributed by atoms with Crippen LogP contribution in [0.25, 0.3) is 4.85 Å². The number of phenolic OH excluding ortho intramolecular Hbond substituents is 1. The van der Waals surface area contributed by atoms with Gasteiger partial charge in [0.05, 0.1) is 6.57 Å². The Labute approximate surface area is 59.6 Å². The maximum atomic E-state index is 8.98. The maximum absolute atomic E-state index is 8.98. The highest BCUT2D eigenvalue weighted by atomic mass is 16.3. The molecular weight excluding hydrogens is 126 g/mol. The Morgan fingerprint density at radius 1 is 1.40 bits per heavy atom. The summed E-state index contributed by atoms with van der Waals surface area (Å²) in [7, 11) is 0. The molecule has 0 aliphatic heterocycles. The van der Waals surface area contributed by atoms with Crippen molar-refractivity contribution in [2.24, 2.45) is 0 Å². The maximum Gasteiger partial charge on any atom is 0.191 e. The van der Waals surface area contributed by atoms with Crippen LogP contribution in [-0.2, 0) is 0 Å². The van der Waals surface area contributed by atoms with E-state index in [1.165, 1.54) is 6.07 Å². The molecule has 0 aliphatic carbocycles. The number of hydrogen-bond donors (Lipinski definition) is 1. The highest BCUT2D eigenvalue weighted by Crippen LogP contribution is 2.20. The smallest absolute Gasteiger partial charge is 0.191 e. The molecule has 0 amide bonds. The monoisotopic (exact) mass is 133 g/mol. The first-order chi connectivity index (χ1) is 4.72. The van der Waals surface area contributed by atoms with Gasteiger partial charge in [0.1, 0.15) is 5.75 Å². The highest BCUT2D eigenvalue weighted by Gasteiger charge is 1.93. The van der Waals surface area contributed by atoms with Gasteiger partial charge in [-0.25, -0.2) is 4.85 Å². The van der Waals surface area contributed by atoms with Crippen LogP contribution in [0.2, 0.25) is 0 Å². The van der Waals surface area contributed by atoms with E-state index in [1.54, 1.807) is 12.1 Å². The fraction of sp³-hybridized carbons (Fsp3) is 0.125. The summed E-state index contributed by atoms with van der Waals surface area (Å²) in [4.78, 5) is 3.18. The number of aryl methyl sites for hydroxylation is 1. The molecular formula is C8H7NO. The molecule has 0 aliphatic rings. The Hall–Kier alpha value is -1.49. The number of phenols is 1. The van der Waals surface area contributed by atoms with Crippen LogP contribution in [0.3, 0.4) is 0 Å². The minimum atomic E-state index is 0.158. The van der Waals surface area contributed by atoms with Gasteiger partial charge in [0.15, 0.2) is 5.69 Å². The van der Waals surface area contributed by atoms with Crippen LogP contribution in [0.15, 0.2) is 18.2 Å². The Balaban J connectivity index is 3.22.